The fourth-order valence-electron chi connectivity index (χ4n) is 1.50. The lowest BCUT2D eigenvalue weighted by atomic mass is 10.2. The second kappa shape index (κ2) is 6.47. The van der Waals surface area contributed by atoms with Crippen molar-refractivity contribution in [2.75, 3.05) is 6.54 Å². The molecule has 1 aromatic carbocycles. The molecular formula is C13H14FN3S. The van der Waals surface area contributed by atoms with E-state index >= 15 is 0 Å². The molecular weight excluding hydrogens is 249 g/mol. The zero-order valence-electron chi connectivity index (χ0n) is 10.1. The van der Waals surface area contributed by atoms with Gasteiger partial charge in [0.15, 0.2) is 0 Å². The summed E-state index contributed by atoms with van der Waals surface area (Å²) < 4.78 is 13.2. The normalized spacial score (nSPS) is 10.6. The standard InChI is InChI=1S/C13H14FN3S/c1-2-15-8-10-7-11(14)3-4-12(10)18-13-9-16-5-6-17-13/h3-7,9,15H,2,8H2,1H3. The van der Waals surface area contributed by atoms with E-state index in [2.05, 4.69) is 15.3 Å². The second-order valence-electron chi connectivity index (χ2n) is 3.68. The van der Waals surface area contributed by atoms with Crippen molar-refractivity contribution in [1.82, 2.24) is 15.3 Å². The van der Waals surface area contributed by atoms with Gasteiger partial charge in [0.25, 0.3) is 0 Å². The van der Waals surface area contributed by atoms with Crippen LogP contribution in [0.5, 0.6) is 0 Å². The van der Waals surface area contributed by atoms with Crippen molar-refractivity contribution in [2.24, 2.45) is 0 Å². The molecule has 0 saturated heterocycles. The Labute approximate surface area is 110 Å². The molecule has 0 aliphatic rings. The van der Waals surface area contributed by atoms with Crippen LogP contribution in [0.2, 0.25) is 0 Å². The molecule has 94 valence electrons. The molecule has 0 atom stereocenters. The first-order valence-corrected chi connectivity index (χ1v) is 6.54. The molecule has 0 amide bonds. The molecule has 0 aliphatic heterocycles. The van der Waals surface area contributed by atoms with Crippen LogP contribution < -0.4 is 5.32 Å². The number of halogens is 1. The number of nitrogens with zero attached hydrogens (tertiary/aromatic N) is 2. The van der Waals surface area contributed by atoms with Crippen LogP contribution in [0.25, 0.3) is 0 Å². The lowest BCUT2D eigenvalue weighted by Crippen LogP contribution is -2.12. The van der Waals surface area contributed by atoms with Crippen LogP contribution in [-0.2, 0) is 6.54 Å². The average Bonchev–Trinajstić information content (AvgIpc) is 2.40. The molecule has 0 bridgehead atoms. The van der Waals surface area contributed by atoms with Crippen LogP contribution in [0.1, 0.15) is 12.5 Å². The minimum Gasteiger partial charge on any atom is -0.313 e. The number of benzene rings is 1. The Balaban J connectivity index is 2.21. The van der Waals surface area contributed by atoms with Gasteiger partial charge >= 0.3 is 0 Å². The Kier molecular flexibility index (Phi) is 4.66. The van der Waals surface area contributed by atoms with Gasteiger partial charge in [-0.3, -0.25) is 4.98 Å². The van der Waals surface area contributed by atoms with Crippen molar-refractivity contribution in [1.29, 1.82) is 0 Å². The number of hydrogen-bond donors (Lipinski definition) is 1. The summed E-state index contributed by atoms with van der Waals surface area (Å²) in [6, 6.07) is 4.80. The first-order chi connectivity index (χ1) is 8.79. The van der Waals surface area contributed by atoms with Gasteiger partial charge in [0.2, 0.25) is 0 Å². The predicted octanol–water partition coefficient (Wildman–Crippen LogP) is 2.88. The molecule has 1 N–H and O–H groups in total. The monoisotopic (exact) mass is 263 g/mol. The van der Waals surface area contributed by atoms with Crippen LogP contribution in [0.15, 0.2) is 46.7 Å². The Morgan fingerprint density at radius 1 is 1.33 bits per heavy atom. The van der Waals surface area contributed by atoms with Crippen molar-refractivity contribution < 1.29 is 4.39 Å². The molecule has 0 unspecified atom stereocenters. The lowest BCUT2D eigenvalue weighted by Gasteiger charge is -2.09. The molecule has 5 heteroatoms. The smallest absolute Gasteiger partial charge is 0.123 e. The highest BCUT2D eigenvalue weighted by atomic mass is 32.2. The molecule has 0 spiro atoms. The SMILES string of the molecule is CCNCc1cc(F)ccc1Sc1cnccn1. The number of nitrogens with one attached hydrogen (secondary N) is 1. The summed E-state index contributed by atoms with van der Waals surface area (Å²) in [4.78, 5) is 9.22. The van der Waals surface area contributed by atoms with E-state index in [1.54, 1.807) is 30.7 Å². The maximum atomic E-state index is 13.2. The summed E-state index contributed by atoms with van der Waals surface area (Å²) in [5.74, 6) is -0.216. The number of hydrogen-bond acceptors (Lipinski definition) is 4. The first kappa shape index (κ1) is 13.0. The van der Waals surface area contributed by atoms with Crippen molar-refractivity contribution in [3.63, 3.8) is 0 Å². The lowest BCUT2D eigenvalue weighted by molar-refractivity contribution is 0.619. The Hall–Kier alpha value is -1.46. The van der Waals surface area contributed by atoms with Gasteiger partial charge in [-0.15, -0.1) is 0 Å². The molecule has 0 fully saturated rings. The van der Waals surface area contributed by atoms with Gasteiger partial charge in [0, 0.05) is 23.8 Å². The predicted molar refractivity (Wildman–Crippen MR) is 69.9 cm³/mol. The van der Waals surface area contributed by atoms with Gasteiger partial charge in [-0.05, 0) is 30.3 Å². The zero-order chi connectivity index (χ0) is 12.8. The molecule has 18 heavy (non-hydrogen) atoms. The fourth-order valence-corrected chi connectivity index (χ4v) is 2.35. The average molecular weight is 263 g/mol. The largest absolute Gasteiger partial charge is 0.313 e. The topological polar surface area (TPSA) is 37.8 Å². The number of rotatable bonds is 5. The maximum Gasteiger partial charge on any atom is 0.123 e. The van der Waals surface area contributed by atoms with Crippen LogP contribution >= 0.6 is 11.8 Å². The summed E-state index contributed by atoms with van der Waals surface area (Å²) in [6.07, 6.45) is 4.98. The molecule has 0 saturated carbocycles. The maximum absolute atomic E-state index is 13.2. The van der Waals surface area contributed by atoms with Gasteiger partial charge < -0.3 is 5.32 Å². The summed E-state index contributed by atoms with van der Waals surface area (Å²) in [5.41, 5.74) is 0.938. The Morgan fingerprint density at radius 3 is 2.94 bits per heavy atom. The Morgan fingerprint density at radius 2 is 2.22 bits per heavy atom. The molecule has 2 rings (SSSR count). The summed E-state index contributed by atoms with van der Waals surface area (Å²) in [5, 5.41) is 4.01. The van der Waals surface area contributed by atoms with E-state index in [-0.39, 0.29) is 5.82 Å². The quantitative estimate of drug-likeness (QED) is 0.900. The molecule has 2 aromatic rings. The Bertz CT molecular complexity index is 505. The highest BCUT2D eigenvalue weighted by Crippen LogP contribution is 2.29. The molecule has 0 radical (unpaired) electrons. The van der Waals surface area contributed by atoms with Crippen molar-refractivity contribution >= 4 is 11.8 Å². The van der Waals surface area contributed by atoms with Gasteiger partial charge in [-0.25, -0.2) is 9.37 Å². The summed E-state index contributed by atoms with van der Waals surface area (Å²) in [6.45, 7) is 3.53. The van der Waals surface area contributed by atoms with E-state index < -0.39 is 0 Å². The molecule has 3 nitrogen and oxygen atoms in total. The fraction of sp³-hybridized carbons (Fsp3) is 0.231. The van der Waals surface area contributed by atoms with Crippen LogP contribution in [0.3, 0.4) is 0 Å². The van der Waals surface area contributed by atoms with Crippen molar-refractivity contribution in [3.05, 3.63) is 48.2 Å². The van der Waals surface area contributed by atoms with Crippen LogP contribution in [0, 0.1) is 5.82 Å². The molecule has 1 aromatic heterocycles. The van der Waals surface area contributed by atoms with E-state index in [1.165, 1.54) is 17.8 Å². The van der Waals surface area contributed by atoms with E-state index in [4.69, 9.17) is 0 Å². The highest BCUT2D eigenvalue weighted by molar-refractivity contribution is 7.99. The minimum atomic E-state index is -0.216. The van der Waals surface area contributed by atoms with Crippen molar-refractivity contribution in [3.8, 4) is 0 Å². The van der Waals surface area contributed by atoms with E-state index in [0.717, 1.165) is 22.0 Å². The first-order valence-electron chi connectivity index (χ1n) is 5.72. The van der Waals surface area contributed by atoms with Gasteiger partial charge in [0.1, 0.15) is 10.8 Å². The third-order valence-electron chi connectivity index (χ3n) is 2.34. The highest BCUT2D eigenvalue weighted by Gasteiger charge is 2.06. The summed E-state index contributed by atoms with van der Waals surface area (Å²) in [7, 11) is 0. The summed E-state index contributed by atoms with van der Waals surface area (Å²) >= 11 is 1.49. The van der Waals surface area contributed by atoms with E-state index in [1.807, 2.05) is 6.92 Å². The van der Waals surface area contributed by atoms with Gasteiger partial charge in [-0.2, -0.15) is 0 Å². The van der Waals surface area contributed by atoms with E-state index in [0.29, 0.717) is 6.54 Å². The minimum absolute atomic E-state index is 0.216. The van der Waals surface area contributed by atoms with Gasteiger partial charge in [-0.1, -0.05) is 18.7 Å². The molecule has 1 heterocycles. The van der Waals surface area contributed by atoms with Gasteiger partial charge in [0.05, 0.1) is 6.20 Å². The van der Waals surface area contributed by atoms with Crippen LogP contribution in [0.4, 0.5) is 4.39 Å². The third kappa shape index (κ3) is 3.51. The third-order valence-corrected chi connectivity index (χ3v) is 3.38. The van der Waals surface area contributed by atoms with Crippen LogP contribution in [-0.4, -0.2) is 16.5 Å². The number of aromatic nitrogens is 2. The second-order valence-corrected chi connectivity index (χ2v) is 4.74. The zero-order valence-corrected chi connectivity index (χ0v) is 10.9. The van der Waals surface area contributed by atoms with Crippen molar-refractivity contribution in [2.45, 2.75) is 23.4 Å². The van der Waals surface area contributed by atoms with E-state index in [9.17, 15) is 4.39 Å². The molecule has 0 aliphatic carbocycles.